The Hall–Kier alpha value is 0.597. The van der Waals surface area contributed by atoms with Crippen LogP contribution in [-0.4, -0.2) is 91.5 Å². The van der Waals surface area contributed by atoms with Gasteiger partial charge in [-0.05, 0) is 12.8 Å². The average molecular weight is 642 g/mol. The summed E-state index contributed by atoms with van der Waals surface area (Å²) in [6.45, 7) is 7.14. The van der Waals surface area contributed by atoms with Crippen molar-refractivity contribution in [3.05, 3.63) is 0 Å². The van der Waals surface area contributed by atoms with E-state index in [2.05, 4.69) is 42.2 Å². The maximum atomic E-state index is 6.45. The Morgan fingerprint density at radius 1 is 0.512 bits per heavy atom. The van der Waals surface area contributed by atoms with Crippen LogP contribution in [0.5, 0.6) is 0 Å². The Labute approximate surface area is 270 Å². The summed E-state index contributed by atoms with van der Waals surface area (Å²) in [5, 5.41) is 0. The number of halogens is 2. The van der Waals surface area contributed by atoms with Gasteiger partial charge in [-0.15, -0.1) is 0 Å². The predicted molar refractivity (Wildman–Crippen MR) is 169 cm³/mol. The van der Waals surface area contributed by atoms with Crippen molar-refractivity contribution in [1.29, 1.82) is 0 Å². The third kappa shape index (κ3) is 16.5. The van der Waals surface area contributed by atoms with E-state index in [4.69, 9.17) is 13.3 Å². The first-order valence-corrected chi connectivity index (χ1v) is 19.1. The fourth-order valence-electron chi connectivity index (χ4n) is 6.84. The smallest absolute Gasteiger partial charge is 0.501 e. The average Bonchev–Trinajstić information content (AvgIpc) is 2.83. The highest BCUT2D eigenvalue weighted by atomic mass is 35.5. The molecule has 0 aromatic rings. The van der Waals surface area contributed by atoms with Crippen molar-refractivity contribution in [3.8, 4) is 0 Å². The number of quaternary nitrogens is 2. The highest BCUT2D eigenvalue weighted by molar-refractivity contribution is 6.60. The van der Waals surface area contributed by atoms with Gasteiger partial charge in [0.1, 0.15) is 5.54 Å². The number of fused-ring (bicyclic) bond motifs is 6. The molecule has 0 atom stereocenters. The van der Waals surface area contributed by atoms with E-state index in [1.165, 1.54) is 116 Å². The van der Waals surface area contributed by atoms with Crippen LogP contribution in [-0.2, 0) is 13.3 Å². The van der Waals surface area contributed by atoms with Crippen LogP contribution in [0.2, 0.25) is 6.04 Å². The predicted octanol–water partition coefficient (Wildman–Crippen LogP) is 2.35. The number of nitrogens with zero attached hydrogens (tertiary/aromatic N) is 2. The molecule has 0 aromatic carbocycles. The summed E-state index contributed by atoms with van der Waals surface area (Å²) >= 11 is 0. The van der Waals surface area contributed by atoms with Crippen LogP contribution in [0.25, 0.3) is 0 Å². The minimum absolute atomic E-state index is 0. The minimum Gasteiger partial charge on any atom is -1.00 e. The quantitative estimate of drug-likeness (QED) is 0.103. The molecule has 3 fully saturated rings. The van der Waals surface area contributed by atoms with E-state index in [0.717, 1.165) is 60.5 Å². The zero-order valence-corrected chi connectivity index (χ0v) is 30.8. The molecule has 0 aromatic heterocycles. The lowest BCUT2D eigenvalue weighted by atomic mass is 9.85. The third-order valence-electron chi connectivity index (χ3n) is 9.95. The van der Waals surface area contributed by atoms with Gasteiger partial charge < -0.3 is 47.1 Å². The molecule has 41 heavy (non-hydrogen) atoms. The van der Waals surface area contributed by atoms with Crippen LogP contribution in [0.4, 0.5) is 0 Å². The molecule has 3 heterocycles. The maximum Gasteiger partial charge on any atom is 0.501 e. The Morgan fingerprint density at radius 2 is 0.854 bits per heavy atom. The highest BCUT2D eigenvalue weighted by Crippen LogP contribution is 2.37. The van der Waals surface area contributed by atoms with E-state index >= 15 is 0 Å². The summed E-state index contributed by atoms with van der Waals surface area (Å²) in [7, 11) is 9.23. The molecule has 5 nitrogen and oxygen atoms in total. The van der Waals surface area contributed by atoms with Crippen molar-refractivity contribution in [2.75, 3.05) is 68.1 Å². The second-order valence-corrected chi connectivity index (χ2v) is 17.2. The molecule has 8 heteroatoms. The number of hydrogen-bond donors (Lipinski definition) is 0. The fraction of sp³-hybridized carbons (Fsp3) is 1.00. The first-order chi connectivity index (χ1) is 18.6. The van der Waals surface area contributed by atoms with Gasteiger partial charge in [0.15, 0.2) is 0 Å². The van der Waals surface area contributed by atoms with Crippen molar-refractivity contribution >= 4 is 8.80 Å². The van der Waals surface area contributed by atoms with Crippen LogP contribution < -0.4 is 24.8 Å². The van der Waals surface area contributed by atoms with Gasteiger partial charge in [0.25, 0.3) is 0 Å². The van der Waals surface area contributed by atoms with Crippen molar-refractivity contribution in [3.63, 3.8) is 0 Å². The van der Waals surface area contributed by atoms with Gasteiger partial charge in [0, 0.05) is 51.5 Å². The van der Waals surface area contributed by atoms with Gasteiger partial charge in [0.2, 0.25) is 0 Å². The summed E-state index contributed by atoms with van der Waals surface area (Å²) in [4.78, 5) is 0. The van der Waals surface area contributed by atoms with Crippen molar-refractivity contribution in [2.45, 2.75) is 147 Å². The lowest BCUT2D eigenvalue weighted by Crippen LogP contribution is -3.00. The van der Waals surface area contributed by atoms with Gasteiger partial charge in [-0.25, -0.2) is 0 Å². The standard InChI is InChI=1S/C33H70N2O3Si.2ClH/c1-7-8-9-10-11-12-13-14-15-16-17-18-19-20-21-22-27-35(5,6)28-23-32-39-36-29-24-33(25-30-37-39,26-31-38-39)34(2,3)4;;/h7-32H2,1-6H3;2*1H/q+2;;/p-2. The molecule has 3 saturated heterocycles. The summed E-state index contributed by atoms with van der Waals surface area (Å²) in [6, 6.07) is 0.977. The molecule has 3 rings (SSSR count). The number of rotatable bonds is 22. The first kappa shape index (κ1) is 41.6. The largest absolute Gasteiger partial charge is 1.00 e. The van der Waals surface area contributed by atoms with Crippen molar-refractivity contribution in [1.82, 2.24) is 0 Å². The normalized spacial score (nSPS) is 23.3. The summed E-state index contributed by atoms with van der Waals surface area (Å²) in [6.07, 6.45) is 27.5. The van der Waals surface area contributed by atoms with E-state index in [1.54, 1.807) is 0 Å². The Bertz CT molecular complexity index is 605. The Kier molecular flexibility index (Phi) is 22.5. The van der Waals surface area contributed by atoms with Crippen molar-refractivity contribution < 1.29 is 47.1 Å². The van der Waals surface area contributed by atoms with Gasteiger partial charge in [-0.1, -0.05) is 96.8 Å². The highest BCUT2D eigenvalue weighted by Gasteiger charge is 2.51. The van der Waals surface area contributed by atoms with E-state index < -0.39 is 8.80 Å². The molecule has 248 valence electrons. The molecule has 0 saturated carbocycles. The first-order valence-electron chi connectivity index (χ1n) is 17.2. The minimum atomic E-state index is -2.51. The van der Waals surface area contributed by atoms with Crippen LogP contribution in [0, 0.1) is 0 Å². The molecule has 3 aliphatic rings. The fourth-order valence-corrected chi connectivity index (χ4v) is 9.35. The lowest BCUT2D eigenvalue weighted by Gasteiger charge is -2.50. The summed E-state index contributed by atoms with van der Waals surface area (Å²) in [5.41, 5.74) is 0.215. The van der Waals surface area contributed by atoms with E-state index in [9.17, 15) is 0 Å². The van der Waals surface area contributed by atoms with Crippen LogP contribution in [0.15, 0.2) is 0 Å². The second-order valence-electron chi connectivity index (χ2n) is 14.5. The number of unbranched alkanes of at least 4 members (excludes halogenated alkanes) is 15. The molecule has 0 amide bonds. The molecule has 0 spiro atoms. The molecule has 0 aliphatic carbocycles. The van der Waals surface area contributed by atoms with Gasteiger partial charge in [-0.3, -0.25) is 0 Å². The zero-order valence-electron chi connectivity index (χ0n) is 28.3. The molecule has 0 radical (unpaired) electrons. The van der Waals surface area contributed by atoms with E-state index in [-0.39, 0.29) is 30.4 Å². The van der Waals surface area contributed by atoms with Gasteiger partial charge >= 0.3 is 8.80 Å². The molecule has 3 aliphatic heterocycles. The Balaban J connectivity index is 0.00000800. The molecular formula is C33H70Cl2N2O3Si. The Morgan fingerprint density at radius 3 is 1.22 bits per heavy atom. The number of hydrogen-bond acceptors (Lipinski definition) is 3. The monoisotopic (exact) mass is 640 g/mol. The summed E-state index contributed by atoms with van der Waals surface area (Å²) in [5.74, 6) is 0. The van der Waals surface area contributed by atoms with Gasteiger partial charge in [-0.2, -0.15) is 0 Å². The maximum absolute atomic E-state index is 6.45. The van der Waals surface area contributed by atoms with E-state index in [0.29, 0.717) is 0 Å². The van der Waals surface area contributed by atoms with Crippen LogP contribution in [0.1, 0.15) is 135 Å². The zero-order chi connectivity index (χ0) is 28.5. The lowest BCUT2D eigenvalue weighted by molar-refractivity contribution is -0.926. The molecule has 0 unspecified atom stereocenters. The molecular weight excluding hydrogens is 571 g/mol. The molecule has 0 N–H and O–H groups in total. The van der Waals surface area contributed by atoms with Crippen LogP contribution in [0.3, 0.4) is 0 Å². The molecule has 2 bridgehead atoms. The topological polar surface area (TPSA) is 27.7 Å². The SMILES string of the molecule is CCCCCCCCCCCCCCCCCC[N+](C)(C)CCC[Si]12OCCC([N+](C)(C)C)(CCO1)CCO2.[Cl-].[Cl-]. The van der Waals surface area contributed by atoms with Crippen LogP contribution >= 0.6 is 0 Å². The second kappa shape index (κ2) is 22.2. The van der Waals surface area contributed by atoms with E-state index in [1.807, 2.05) is 0 Å². The van der Waals surface area contributed by atoms with Gasteiger partial charge in [0.05, 0.1) is 48.3 Å². The third-order valence-corrected chi connectivity index (χ3v) is 12.9. The summed E-state index contributed by atoms with van der Waals surface area (Å²) < 4.78 is 21.4. The van der Waals surface area contributed by atoms with Crippen molar-refractivity contribution in [2.24, 2.45) is 0 Å².